The van der Waals surface area contributed by atoms with E-state index in [2.05, 4.69) is 16.9 Å². The zero-order valence-corrected chi connectivity index (χ0v) is 20.0. The molecule has 0 spiro atoms. The van der Waals surface area contributed by atoms with Gasteiger partial charge in [-0.25, -0.2) is 4.39 Å². The molecule has 1 aliphatic heterocycles. The number of piperidine rings is 1. The molecule has 0 saturated carbocycles. The van der Waals surface area contributed by atoms with Crippen molar-refractivity contribution < 1.29 is 9.18 Å². The highest BCUT2D eigenvalue weighted by Crippen LogP contribution is 2.37. The molecule has 2 heterocycles. The Bertz CT molecular complexity index is 1120. The molecule has 0 N–H and O–H groups in total. The van der Waals surface area contributed by atoms with Crippen LogP contribution in [0.3, 0.4) is 0 Å². The molecule has 3 aromatic rings. The fourth-order valence-corrected chi connectivity index (χ4v) is 5.06. The van der Waals surface area contributed by atoms with Gasteiger partial charge in [-0.05, 0) is 49.9 Å². The van der Waals surface area contributed by atoms with Crippen molar-refractivity contribution in [2.75, 3.05) is 27.2 Å². The molecule has 1 saturated heterocycles. The van der Waals surface area contributed by atoms with Gasteiger partial charge in [0.15, 0.2) is 0 Å². The minimum absolute atomic E-state index is 0.174. The molecule has 33 heavy (non-hydrogen) atoms. The fourth-order valence-electron chi connectivity index (χ4n) is 5.06. The van der Waals surface area contributed by atoms with Crippen LogP contribution in [0.4, 0.5) is 4.39 Å². The zero-order chi connectivity index (χ0) is 23.6. The highest BCUT2D eigenvalue weighted by molar-refractivity contribution is 5.83. The van der Waals surface area contributed by atoms with Crippen LogP contribution in [0.25, 0.3) is 11.1 Å². The van der Waals surface area contributed by atoms with E-state index in [1.165, 1.54) is 11.6 Å². The Morgan fingerprint density at radius 3 is 2.52 bits per heavy atom. The van der Waals surface area contributed by atoms with Crippen LogP contribution < -0.4 is 0 Å². The topological polar surface area (TPSA) is 41.4 Å². The van der Waals surface area contributed by atoms with Crippen molar-refractivity contribution in [2.24, 2.45) is 12.5 Å². The number of likely N-dealkylation sites (tertiary alicyclic amines) is 1. The van der Waals surface area contributed by atoms with E-state index in [0.29, 0.717) is 18.5 Å². The Balaban J connectivity index is 1.57. The van der Waals surface area contributed by atoms with Gasteiger partial charge in [0.05, 0.1) is 11.6 Å². The first-order valence-corrected chi connectivity index (χ1v) is 11.5. The largest absolute Gasteiger partial charge is 0.348 e. The lowest BCUT2D eigenvalue weighted by Crippen LogP contribution is -2.52. The Labute approximate surface area is 195 Å². The summed E-state index contributed by atoms with van der Waals surface area (Å²) < 4.78 is 16.1. The SMILES string of the molecule is Cc1c(CN2CCC[C@@](Cc3ccc(-c4ccccc4F)cc3)(C(=O)N(C)C)C2)cnn1C. The molecule has 0 unspecified atom stereocenters. The van der Waals surface area contributed by atoms with Gasteiger partial charge in [-0.2, -0.15) is 5.10 Å². The summed E-state index contributed by atoms with van der Waals surface area (Å²) >= 11 is 0. The molecule has 174 valence electrons. The van der Waals surface area contributed by atoms with E-state index < -0.39 is 5.41 Å². The molecule has 2 aromatic carbocycles. The van der Waals surface area contributed by atoms with E-state index >= 15 is 0 Å². The summed E-state index contributed by atoms with van der Waals surface area (Å²) in [5.41, 5.74) is 4.44. The Morgan fingerprint density at radius 2 is 1.88 bits per heavy atom. The predicted molar refractivity (Wildman–Crippen MR) is 129 cm³/mol. The predicted octanol–water partition coefficient (Wildman–Crippen LogP) is 4.45. The number of rotatable bonds is 6. The lowest BCUT2D eigenvalue weighted by atomic mass is 9.73. The number of carbonyl (C=O) groups is 1. The number of nitrogens with zero attached hydrogens (tertiary/aromatic N) is 4. The van der Waals surface area contributed by atoms with Crippen molar-refractivity contribution >= 4 is 5.91 Å². The summed E-state index contributed by atoms with van der Waals surface area (Å²) in [7, 11) is 5.64. The van der Waals surface area contributed by atoms with Crippen molar-refractivity contribution in [3.8, 4) is 11.1 Å². The second kappa shape index (κ2) is 9.48. The fraction of sp³-hybridized carbons (Fsp3) is 0.407. The molecule has 1 aromatic heterocycles. The molecule has 1 amide bonds. The van der Waals surface area contributed by atoms with E-state index in [1.54, 1.807) is 17.0 Å². The van der Waals surface area contributed by atoms with Gasteiger partial charge < -0.3 is 4.90 Å². The molecule has 1 aliphatic rings. The number of aromatic nitrogens is 2. The summed E-state index contributed by atoms with van der Waals surface area (Å²) in [6.45, 7) is 4.58. The number of benzene rings is 2. The van der Waals surface area contributed by atoms with Gasteiger partial charge in [-0.1, -0.05) is 42.5 Å². The first-order valence-electron chi connectivity index (χ1n) is 11.5. The summed E-state index contributed by atoms with van der Waals surface area (Å²) in [5, 5.41) is 4.38. The minimum Gasteiger partial charge on any atom is -0.348 e. The molecule has 6 heteroatoms. The van der Waals surface area contributed by atoms with E-state index in [0.717, 1.165) is 42.8 Å². The molecule has 0 bridgehead atoms. The third-order valence-electron chi connectivity index (χ3n) is 6.93. The van der Waals surface area contributed by atoms with E-state index in [-0.39, 0.29) is 11.7 Å². The summed E-state index contributed by atoms with van der Waals surface area (Å²) in [5.74, 6) is -0.0496. The molecule has 0 aliphatic carbocycles. The molecule has 4 rings (SSSR count). The average Bonchev–Trinajstić information content (AvgIpc) is 3.12. The highest BCUT2D eigenvalue weighted by Gasteiger charge is 2.43. The summed E-state index contributed by atoms with van der Waals surface area (Å²) in [6.07, 6.45) is 4.44. The normalized spacial score (nSPS) is 18.9. The van der Waals surface area contributed by atoms with Gasteiger partial charge >= 0.3 is 0 Å². The van der Waals surface area contributed by atoms with Gasteiger partial charge in [-0.15, -0.1) is 0 Å². The second-order valence-corrected chi connectivity index (χ2v) is 9.53. The second-order valence-electron chi connectivity index (χ2n) is 9.53. The minimum atomic E-state index is -0.475. The van der Waals surface area contributed by atoms with Crippen molar-refractivity contribution in [3.63, 3.8) is 0 Å². The standard InChI is InChI=1S/C27H33FN4O/c1-20-23(17-29-31(20)4)18-32-15-7-14-27(19-32,26(33)30(2)3)16-21-10-12-22(13-11-21)24-8-5-6-9-25(24)28/h5-6,8-13,17H,7,14-16,18-19H2,1-4H3/t27-/m0/s1. The molecule has 5 nitrogen and oxygen atoms in total. The van der Waals surface area contributed by atoms with Crippen LogP contribution in [0.1, 0.15) is 29.7 Å². The van der Waals surface area contributed by atoms with E-state index in [4.69, 9.17) is 0 Å². The maximum Gasteiger partial charge on any atom is 0.229 e. The van der Waals surface area contributed by atoms with Crippen molar-refractivity contribution in [1.29, 1.82) is 0 Å². The molecule has 1 fully saturated rings. The number of carbonyl (C=O) groups excluding carboxylic acids is 1. The van der Waals surface area contributed by atoms with Crippen LogP contribution in [0, 0.1) is 18.2 Å². The van der Waals surface area contributed by atoms with Crippen LogP contribution >= 0.6 is 0 Å². The van der Waals surface area contributed by atoms with E-state index in [9.17, 15) is 9.18 Å². The van der Waals surface area contributed by atoms with Crippen molar-refractivity contribution in [1.82, 2.24) is 19.6 Å². The first kappa shape index (κ1) is 23.2. The number of halogens is 1. The number of amides is 1. The van der Waals surface area contributed by atoms with Gasteiger partial charge in [0.1, 0.15) is 5.82 Å². The van der Waals surface area contributed by atoms with Crippen LogP contribution in [0.5, 0.6) is 0 Å². The van der Waals surface area contributed by atoms with Crippen LogP contribution in [0.15, 0.2) is 54.7 Å². The third kappa shape index (κ3) is 4.86. The number of aryl methyl sites for hydroxylation is 1. The molecule has 0 radical (unpaired) electrons. The summed E-state index contributed by atoms with van der Waals surface area (Å²) in [6, 6.07) is 14.8. The Morgan fingerprint density at radius 1 is 1.15 bits per heavy atom. The van der Waals surface area contributed by atoms with Gasteiger partial charge in [-0.3, -0.25) is 14.4 Å². The van der Waals surface area contributed by atoms with Gasteiger partial charge in [0, 0.05) is 51.1 Å². The quantitative estimate of drug-likeness (QED) is 0.560. The molecular formula is C27H33FN4O. The smallest absolute Gasteiger partial charge is 0.229 e. The molecular weight excluding hydrogens is 415 g/mol. The van der Waals surface area contributed by atoms with Crippen LogP contribution in [-0.2, 0) is 24.8 Å². The number of hydrogen-bond acceptors (Lipinski definition) is 3. The maximum absolute atomic E-state index is 14.2. The zero-order valence-electron chi connectivity index (χ0n) is 20.0. The monoisotopic (exact) mass is 448 g/mol. The Hall–Kier alpha value is -2.99. The lowest BCUT2D eigenvalue weighted by Gasteiger charge is -2.43. The summed E-state index contributed by atoms with van der Waals surface area (Å²) in [4.78, 5) is 17.6. The molecule has 1 atom stereocenters. The highest BCUT2D eigenvalue weighted by atomic mass is 19.1. The average molecular weight is 449 g/mol. The van der Waals surface area contributed by atoms with Gasteiger partial charge in [0.2, 0.25) is 5.91 Å². The van der Waals surface area contributed by atoms with Crippen LogP contribution in [0.2, 0.25) is 0 Å². The van der Waals surface area contributed by atoms with Crippen molar-refractivity contribution in [2.45, 2.75) is 32.7 Å². The lowest BCUT2D eigenvalue weighted by molar-refractivity contribution is -0.143. The van der Waals surface area contributed by atoms with E-state index in [1.807, 2.05) is 62.4 Å². The van der Waals surface area contributed by atoms with Crippen molar-refractivity contribution in [3.05, 3.63) is 77.4 Å². The first-order chi connectivity index (χ1) is 15.8. The van der Waals surface area contributed by atoms with Gasteiger partial charge in [0.25, 0.3) is 0 Å². The third-order valence-corrected chi connectivity index (χ3v) is 6.93. The van der Waals surface area contributed by atoms with Crippen LogP contribution in [-0.4, -0.2) is 52.7 Å². The maximum atomic E-state index is 14.2. The Kier molecular flexibility index (Phi) is 6.66. The number of hydrogen-bond donors (Lipinski definition) is 0.